The van der Waals surface area contributed by atoms with Crippen LogP contribution in [0.4, 0.5) is 0 Å². The van der Waals surface area contributed by atoms with Crippen molar-refractivity contribution in [2.45, 2.75) is 91.6 Å². The van der Waals surface area contributed by atoms with Gasteiger partial charge >= 0.3 is 23.9 Å². The SMILES string of the molecule is C=C1C(=O)C23[C@H](OC(C)=O)[C@H]1C[C@H](OC(C)=O)[C@H]2[C@@]1(C=O)[C@H](C[C@H]3OC(C)=O)C(C)(C)CC[C@H]1OC(C)=O. The molecule has 0 amide bonds. The first-order chi connectivity index (χ1) is 17.6. The molecule has 4 fully saturated rings. The van der Waals surface area contributed by atoms with Gasteiger partial charge in [-0.05, 0) is 42.6 Å². The predicted molar refractivity (Wildman–Crippen MR) is 130 cm³/mol. The van der Waals surface area contributed by atoms with Gasteiger partial charge < -0.3 is 23.7 Å². The number of aldehydes is 1. The second-order valence-corrected chi connectivity index (χ2v) is 11.9. The summed E-state index contributed by atoms with van der Waals surface area (Å²) in [5.74, 6) is -5.38. The van der Waals surface area contributed by atoms with Gasteiger partial charge in [-0.15, -0.1) is 0 Å². The van der Waals surface area contributed by atoms with Gasteiger partial charge in [0.15, 0.2) is 5.78 Å². The Balaban J connectivity index is 2.10. The Morgan fingerprint density at radius 2 is 1.42 bits per heavy atom. The van der Waals surface area contributed by atoms with Crippen molar-refractivity contribution in [3.63, 3.8) is 0 Å². The lowest BCUT2D eigenvalue weighted by Crippen LogP contribution is -2.75. The number of carbonyl (C=O) groups is 6. The van der Waals surface area contributed by atoms with E-state index in [2.05, 4.69) is 6.58 Å². The highest BCUT2D eigenvalue weighted by molar-refractivity contribution is 6.05. The largest absolute Gasteiger partial charge is 0.462 e. The highest BCUT2D eigenvalue weighted by Crippen LogP contribution is 2.72. The summed E-state index contributed by atoms with van der Waals surface area (Å²) in [6.45, 7) is 12.9. The summed E-state index contributed by atoms with van der Waals surface area (Å²) in [7, 11) is 0. The van der Waals surface area contributed by atoms with Crippen LogP contribution < -0.4 is 0 Å². The molecule has 208 valence electrons. The van der Waals surface area contributed by atoms with E-state index in [1.54, 1.807) is 0 Å². The maximum absolute atomic E-state index is 14.3. The van der Waals surface area contributed by atoms with E-state index < -0.39 is 88.1 Å². The molecule has 0 heterocycles. The van der Waals surface area contributed by atoms with Crippen molar-refractivity contribution in [1.29, 1.82) is 0 Å². The van der Waals surface area contributed by atoms with E-state index in [4.69, 9.17) is 18.9 Å². The van der Waals surface area contributed by atoms with Gasteiger partial charge in [0.05, 0.1) is 5.41 Å². The Morgan fingerprint density at radius 3 is 1.95 bits per heavy atom. The smallest absolute Gasteiger partial charge is 0.302 e. The van der Waals surface area contributed by atoms with Gasteiger partial charge in [0.25, 0.3) is 0 Å². The number of ether oxygens (including phenoxy) is 4. The lowest BCUT2D eigenvalue weighted by molar-refractivity contribution is -0.276. The van der Waals surface area contributed by atoms with Gasteiger partial charge in [0, 0.05) is 39.5 Å². The van der Waals surface area contributed by atoms with Gasteiger partial charge in [-0.3, -0.25) is 24.0 Å². The number of carbonyl (C=O) groups excluding carboxylic acids is 6. The molecule has 4 aliphatic rings. The van der Waals surface area contributed by atoms with E-state index >= 15 is 0 Å². The molecule has 1 spiro atoms. The second-order valence-electron chi connectivity index (χ2n) is 11.9. The Hall–Kier alpha value is -3.04. The average molecular weight is 533 g/mol. The minimum atomic E-state index is -1.76. The monoisotopic (exact) mass is 532 g/mol. The van der Waals surface area contributed by atoms with Crippen molar-refractivity contribution >= 4 is 35.9 Å². The lowest BCUT2D eigenvalue weighted by atomic mass is 9.38. The summed E-state index contributed by atoms with van der Waals surface area (Å²) < 4.78 is 23.3. The molecule has 1 unspecified atom stereocenters. The topological polar surface area (TPSA) is 139 Å². The van der Waals surface area contributed by atoms with Crippen molar-refractivity contribution < 1.29 is 47.7 Å². The fourth-order valence-electron chi connectivity index (χ4n) is 8.44. The van der Waals surface area contributed by atoms with Crippen LogP contribution in [0.15, 0.2) is 12.2 Å². The van der Waals surface area contributed by atoms with Crippen LogP contribution in [0.2, 0.25) is 0 Å². The quantitative estimate of drug-likeness (QED) is 0.224. The van der Waals surface area contributed by atoms with E-state index in [-0.39, 0.29) is 18.4 Å². The fraction of sp³-hybridized carbons (Fsp3) is 0.714. The molecule has 9 atom stereocenters. The maximum atomic E-state index is 14.3. The Bertz CT molecular complexity index is 1110. The van der Waals surface area contributed by atoms with Gasteiger partial charge in [-0.1, -0.05) is 20.4 Å². The summed E-state index contributed by atoms with van der Waals surface area (Å²) in [6, 6.07) is 0. The van der Waals surface area contributed by atoms with E-state index in [1.165, 1.54) is 27.7 Å². The maximum Gasteiger partial charge on any atom is 0.302 e. The molecule has 4 saturated carbocycles. The fourth-order valence-corrected chi connectivity index (χ4v) is 8.44. The van der Waals surface area contributed by atoms with Crippen LogP contribution in [0.25, 0.3) is 0 Å². The molecule has 10 heteroatoms. The predicted octanol–water partition coefficient (Wildman–Crippen LogP) is 2.50. The third-order valence-electron chi connectivity index (χ3n) is 9.45. The van der Waals surface area contributed by atoms with E-state index in [0.29, 0.717) is 12.8 Å². The minimum absolute atomic E-state index is 0.0663. The van der Waals surface area contributed by atoms with Crippen molar-refractivity contribution in [2.24, 2.45) is 34.0 Å². The highest BCUT2D eigenvalue weighted by Gasteiger charge is 2.81. The zero-order valence-electron chi connectivity index (χ0n) is 22.7. The van der Waals surface area contributed by atoms with Gasteiger partial charge in [0.2, 0.25) is 0 Å². The first kappa shape index (κ1) is 28.0. The molecule has 0 radical (unpaired) electrons. The number of rotatable bonds is 5. The van der Waals surface area contributed by atoms with Gasteiger partial charge in [-0.2, -0.15) is 0 Å². The first-order valence-electron chi connectivity index (χ1n) is 13.0. The third kappa shape index (κ3) is 3.81. The molecule has 4 rings (SSSR count). The molecular formula is C28H36O10. The van der Waals surface area contributed by atoms with Crippen LogP contribution in [-0.2, 0) is 47.7 Å². The van der Waals surface area contributed by atoms with Crippen LogP contribution in [-0.4, -0.2) is 60.4 Å². The average Bonchev–Trinajstić information content (AvgIpc) is 2.91. The molecule has 0 aromatic heterocycles. The van der Waals surface area contributed by atoms with Gasteiger partial charge in [0.1, 0.15) is 36.1 Å². The molecule has 0 aliphatic heterocycles. The van der Waals surface area contributed by atoms with Crippen LogP contribution in [0.1, 0.15) is 67.2 Å². The zero-order chi connectivity index (χ0) is 28.4. The minimum Gasteiger partial charge on any atom is -0.462 e. The van der Waals surface area contributed by atoms with Crippen LogP contribution in [0, 0.1) is 34.0 Å². The summed E-state index contributed by atoms with van der Waals surface area (Å²) in [4.78, 5) is 77.3. The first-order valence-corrected chi connectivity index (χ1v) is 13.0. The van der Waals surface area contributed by atoms with E-state index in [9.17, 15) is 28.8 Å². The standard InChI is InChI=1S/C28H36O10/c1-13-18-10-19(35-14(2)30)23-27(12-29)20(26(6,7)9-8-21(27)36-15(3)31)11-22(37-16(4)32)28(23,24(13)34)25(18)38-17(5)33/h12,18-23,25H,1,8-11H2,2-7H3/t18-,19-,20+,21+,22+,23-,25+,27-,28?/m0/s1. The second kappa shape index (κ2) is 9.31. The number of esters is 4. The molecule has 4 aliphatic carbocycles. The molecule has 0 N–H and O–H groups in total. The van der Waals surface area contributed by atoms with Crippen LogP contribution in [0.3, 0.4) is 0 Å². The summed E-state index contributed by atoms with van der Waals surface area (Å²) in [5, 5.41) is 0. The lowest BCUT2D eigenvalue weighted by Gasteiger charge is -2.66. The molecule has 10 nitrogen and oxygen atoms in total. The number of hydrogen-bond donors (Lipinski definition) is 0. The number of fused-ring (bicyclic) bond motifs is 3. The van der Waals surface area contributed by atoms with Crippen molar-refractivity contribution in [3.05, 3.63) is 12.2 Å². The normalized spacial score (nSPS) is 40.7. The number of hydrogen-bond acceptors (Lipinski definition) is 10. The highest BCUT2D eigenvalue weighted by atomic mass is 16.6. The molecule has 2 bridgehead atoms. The van der Waals surface area contributed by atoms with Crippen LogP contribution in [0.5, 0.6) is 0 Å². The van der Waals surface area contributed by atoms with Crippen molar-refractivity contribution in [2.75, 3.05) is 0 Å². The van der Waals surface area contributed by atoms with Crippen molar-refractivity contribution in [1.82, 2.24) is 0 Å². The third-order valence-corrected chi connectivity index (χ3v) is 9.45. The van der Waals surface area contributed by atoms with Crippen molar-refractivity contribution in [3.8, 4) is 0 Å². The Labute approximate surface area is 221 Å². The van der Waals surface area contributed by atoms with Gasteiger partial charge in [-0.25, -0.2) is 0 Å². The summed E-state index contributed by atoms with van der Waals surface area (Å²) in [5.41, 5.74) is -3.62. The molecule has 0 aromatic carbocycles. The molecule has 0 aromatic rings. The van der Waals surface area contributed by atoms with Crippen LogP contribution >= 0.6 is 0 Å². The number of Topliss-reactive ketones (excluding diaryl/α,β-unsaturated/α-hetero) is 1. The molecular weight excluding hydrogens is 496 g/mol. The van der Waals surface area contributed by atoms with E-state index in [1.807, 2.05) is 13.8 Å². The molecule has 38 heavy (non-hydrogen) atoms. The molecule has 0 saturated heterocycles. The van der Waals surface area contributed by atoms with E-state index in [0.717, 1.165) is 6.29 Å². The summed E-state index contributed by atoms with van der Waals surface area (Å²) in [6.07, 6.45) is -2.35. The Kier molecular flexibility index (Phi) is 6.85. The zero-order valence-corrected chi connectivity index (χ0v) is 22.7. The number of ketones is 1. The Morgan fingerprint density at radius 1 is 0.868 bits per heavy atom. The summed E-state index contributed by atoms with van der Waals surface area (Å²) >= 11 is 0.